The minimum absolute atomic E-state index is 0. The lowest BCUT2D eigenvalue weighted by atomic mass is 10.2. The van der Waals surface area contributed by atoms with E-state index in [1.807, 2.05) is 42.3 Å². The van der Waals surface area contributed by atoms with Gasteiger partial charge in [-0.05, 0) is 18.7 Å². The molecule has 0 spiro atoms. The highest BCUT2D eigenvalue weighted by Crippen LogP contribution is 2.06. The third kappa shape index (κ3) is 5.98. The highest BCUT2D eigenvalue weighted by Gasteiger charge is 2.12. The molecule has 0 aliphatic carbocycles. The maximum Gasteiger partial charge on any atom is 0.339 e. The van der Waals surface area contributed by atoms with Gasteiger partial charge in [-0.15, -0.1) is 12.4 Å². The molecule has 0 aliphatic rings. The van der Waals surface area contributed by atoms with Crippen LogP contribution >= 0.6 is 12.4 Å². The molecule has 6 nitrogen and oxygen atoms in total. The molecule has 0 aliphatic heterocycles. The lowest BCUT2D eigenvalue weighted by molar-refractivity contribution is 0.0470. The zero-order valence-electron chi connectivity index (χ0n) is 13.2. The highest BCUT2D eigenvalue weighted by molar-refractivity contribution is 5.93. The Morgan fingerprint density at radius 1 is 1.17 bits per heavy atom. The number of benzene rings is 1. The number of hydrogen-bond donors (Lipinski definition) is 1. The number of aromatic carboxylic acids is 1. The van der Waals surface area contributed by atoms with Crippen molar-refractivity contribution in [2.24, 2.45) is 0 Å². The number of carbonyl (C=O) groups excluding carboxylic acids is 1. The van der Waals surface area contributed by atoms with E-state index in [2.05, 4.69) is 4.98 Å². The lowest BCUT2D eigenvalue weighted by Gasteiger charge is -2.16. The van der Waals surface area contributed by atoms with Crippen molar-refractivity contribution >= 4 is 24.3 Å². The fourth-order valence-electron chi connectivity index (χ4n) is 2.02. The van der Waals surface area contributed by atoms with Crippen LogP contribution in [0.5, 0.6) is 0 Å². The molecule has 0 saturated carbocycles. The number of carbonyl (C=O) groups is 2. The van der Waals surface area contributed by atoms with Gasteiger partial charge in [0, 0.05) is 25.5 Å². The topological polar surface area (TPSA) is 79.7 Å². The van der Waals surface area contributed by atoms with Crippen molar-refractivity contribution in [1.29, 1.82) is 0 Å². The minimum atomic E-state index is -1.13. The van der Waals surface area contributed by atoms with Crippen LogP contribution in [0.15, 0.2) is 48.8 Å². The Labute approximate surface area is 146 Å². The summed E-state index contributed by atoms with van der Waals surface area (Å²) in [4.78, 5) is 28.5. The predicted molar refractivity (Wildman–Crippen MR) is 91.5 cm³/mol. The van der Waals surface area contributed by atoms with Crippen LogP contribution in [-0.4, -0.2) is 47.1 Å². The molecule has 128 valence electrons. The standard InChI is InChI=1S/C17H18N2O4.ClH/c1-19(12-13-5-3-2-4-6-13)7-8-23-17(22)15-9-14(16(20)21)10-18-11-15;/h2-6,9-11H,7-8,12H2,1H3,(H,20,21);1H. The van der Waals surface area contributed by atoms with Gasteiger partial charge in [0.05, 0.1) is 11.1 Å². The second-order valence-corrected chi connectivity index (χ2v) is 5.13. The fourth-order valence-corrected chi connectivity index (χ4v) is 2.02. The summed E-state index contributed by atoms with van der Waals surface area (Å²) in [6, 6.07) is 11.2. The normalized spacial score (nSPS) is 10.1. The van der Waals surface area contributed by atoms with Gasteiger partial charge in [-0.3, -0.25) is 9.88 Å². The van der Waals surface area contributed by atoms with Crippen molar-refractivity contribution in [2.75, 3.05) is 20.2 Å². The van der Waals surface area contributed by atoms with Crippen LogP contribution in [0, 0.1) is 0 Å². The number of ether oxygens (including phenoxy) is 1. The maximum absolute atomic E-state index is 11.9. The van der Waals surface area contributed by atoms with Crippen LogP contribution in [0.2, 0.25) is 0 Å². The molecule has 1 N–H and O–H groups in total. The summed E-state index contributed by atoms with van der Waals surface area (Å²) in [5.74, 6) is -1.71. The van der Waals surface area contributed by atoms with Crippen LogP contribution in [0.1, 0.15) is 26.3 Å². The molecule has 1 aromatic carbocycles. The van der Waals surface area contributed by atoms with Crippen molar-refractivity contribution in [3.63, 3.8) is 0 Å². The minimum Gasteiger partial charge on any atom is -0.478 e. The Balaban J connectivity index is 0.00000288. The monoisotopic (exact) mass is 350 g/mol. The number of esters is 1. The van der Waals surface area contributed by atoms with Crippen LogP contribution in [0.4, 0.5) is 0 Å². The number of hydrogen-bond acceptors (Lipinski definition) is 5. The molecule has 24 heavy (non-hydrogen) atoms. The van der Waals surface area contributed by atoms with Crippen molar-refractivity contribution in [1.82, 2.24) is 9.88 Å². The molecule has 2 rings (SSSR count). The first-order valence-corrected chi connectivity index (χ1v) is 7.14. The fraction of sp³-hybridized carbons (Fsp3) is 0.235. The van der Waals surface area contributed by atoms with Crippen LogP contribution in [0.25, 0.3) is 0 Å². The third-order valence-electron chi connectivity index (χ3n) is 3.22. The summed E-state index contributed by atoms with van der Waals surface area (Å²) in [7, 11) is 1.94. The summed E-state index contributed by atoms with van der Waals surface area (Å²) in [5, 5.41) is 8.88. The summed E-state index contributed by atoms with van der Waals surface area (Å²) < 4.78 is 5.16. The molecule has 1 aromatic heterocycles. The van der Waals surface area contributed by atoms with E-state index in [0.29, 0.717) is 6.54 Å². The van der Waals surface area contributed by atoms with E-state index < -0.39 is 11.9 Å². The molecule has 0 bridgehead atoms. The van der Waals surface area contributed by atoms with Crippen molar-refractivity contribution in [3.8, 4) is 0 Å². The Bertz CT molecular complexity index is 679. The number of halogens is 1. The number of aromatic nitrogens is 1. The molecule has 0 atom stereocenters. The Kier molecular flexibility index (Phi) is 7.88. The molecule has 0 unspecified atom stereocenters. The van der Waals surface area contributed by atoms with E-state index in [1.54, 1.807) is 0 Å². The number of carboxylic acids is 1. The quantitative estimate of drug-likeness (QED) is 0.773. The largest absolute Gasteiger partial charge is 0.478 e. The zero-order chi connectivity index (χ0) is 16.7. The first-order valence-electron chi connectivity index (χ1n) is 7.14. The van der Waals surface area contributed by atoms with Crippen LogP contribution in [-0.2, 0) is 11.3 Å². The van der Waals surface area contributed by atoms with E-state index in [4.69, 9.17) is 9.84 Å². The maximum atomic E-state index is 11.9. The lowest BCUT2D eigenvalue weighted by Crippen LogP contribution is -2.24. The van der Waals surface area contributed by atoms with Crippen molar-refractivity contribution in [3.05, 3.63) is 65.5 Å². The van der Waals surface area contributed by atoms with Crippen LogP contribution < -0.4 is 0 Å². The summed E-state index contributed by atoms with van der Waals surface area (Å²) in [6.45, 7) is 1.56. The van der Waals surface area contributed by atoms with E-state index in [9.17, 15) is 9.59 Å². The number of nitrogens with zero attached hydrogens (tertiary/aromatic N) is 2. The van der Waals surface area contributed by atoms with Gasteiger partial charge in [-0.25, -0.2) is 9.59 Å². The number of likely N-dealkylation sites (N-methyl/N-ethyl adjacent to an activating group) is 1. The van der Waals surface area contributed by atoms with Gasteiger partial charge in [0.15, 0.2) is 0 Å². The summed E-state index contributed by atoms with van der Waals surface area (Å²) in [5.41, 5.74) is 1.27. The smallest absolute Gasteiger partial charge is 0.339 e. The van der Waals surface area contributed by atoms with Crippen molar-refractivity contribution < 1.29 is 19.4 Å². The highest BCUT2D eigenvalue weighted by atomic mass is 35.5. The van der Waals surface area contributed by atoms with Gasteiger partial charge in [0.1, 0.15) is 6.61 Å². The van der Waals surface area contributed by atoms with Crippen LogP contribution in [0.3, 0.4) is 0 Å². The Morgan fingerprint density at radius 3 is 2.50 bits per heavy atom. The molecule has 7 heteroatoms. The second-order valence-electron chi connectivity index (χ2n) is 5.13. The molecule has 0 saturated heterocycles. The van der Waals surface area contributed by atoms with Gasteiger partial charge in [-0.1, -0.05) is 30.3 Å². The Morgan fingerprint density at radius 2 is 1.83 bits per heavy atom. The average molecular weight is 351 g/mol. The third-order valence-corrected chi connectivity index (χ3v) is 3.22. The first-order chi connectivity index (χ1) is 11.1. The molecule has 0 radical (unpaired) electrons. The number of rotatable bonds is 7. The first kappa shape index (κ1) is 19.6. The van der Waals surface area contributed by atoms with E-state index in [1.165, 1.54) is 24.0 Å². The molecule has 0 amide bonds. The van der Waals surface area contributed by atoms with Gasteiger partial charge >= 0.3 is 11.9 Å². The molecule has 2 aromatic rings. The molecule has 0 fully saturated rings. The van der Waals surface area contributed by atoms with Gasteiger partial charge < -0.3 is 9.84 Å². The molecule has 1 heterocycles. The summed E-state index contributed by atoms with van der Waals surface area (Å²) in [6.07, 6.45) is 2.48. The summed E-state index contributed by atoms with van der Waals surface area (Å²) >= 11 is 0. The number of carboxylic acid groups (broad SMARTS) is 1. The van der Waals surface area contributed by atoms with Gasteiger partial charge in [0.2, 0.25) is 0 Å². The van der Waals surface area contributed by atoms with Crippen molar-refractivity contribution in [2.45, 2.75) is 6.54 Å². The number of pyridine rings is 1. The van der Waals surface area contributed by atoms with Gasteiger partial charge in [0.25, 0.3) is 0 Å². The van der Waals surface area contributed by atoms with Gasteiger partial charge in [-0.2, -0.15) is 0 Å². The Hall–Kier alpha value is -2.44. The van der Waals surface area contributed by atoms with E-state index in [-0.39, 0.29) is 30.1 Å². The molecular formula is C17H19ClN2O4. The molecular weight excluding hydrogens is 332 g/mol. The second kappa shape index (κ2) is 9.64. The average Bonchev–Trinajstić information content (AvgIpc) is 2.55. The zero-order valence-corrected chi connectivity index (χ0v) is 14.0. The SMILES string of the molecule is CN(CCOC(=O)c1cncc(C(=O)O)c1)Cc1ccccc1.Cl. The van der Waals surface area contributed by atoms with E-state index >= 15 is 0 Å². The van der Waals surface area contributed by atoms with E-state index in [0.717, 1.165) is 6.54 Å². The predicted octanol–water partition coefficient (Wildman–Crippen LogP) is 2.49.